The van der Waals surface area contributed by atoms with E-state index in [0.29, 0.717) is 5.75 Å². The van der Waals surface area contributed by atoms with Crippen LogP contribution in [0.15, 0.2) is 12.1 Å². The van der Waals surface area contributed by atoms with E-state index in [9.17, 15) is 4.79 Å². The number of hydrogen-bond donors (Lipinski definition) is 0. The lowest BCUT2D eigenvalue weighted by Crippen LogP contribution is -2.25. The minimum absolute atomic E-state index is 0.196. The largest absolute Gasteiger partial charge is 0.426 e. The van der Waals surface area contributed by atoms with Crippen molar-refractivity contribution in [2.24, 2.45) is 5.41 Å². The molecule has 0 aliphatic carbocycles. The van der Waals surface area contributed by atoms with Crippen LogP contribution in [0.5, 0.6) is 5.75 Å². The molecule has 88 valence electrons. The lowest BCUT2D eigenvalue weighted by atomic mass is 9.97. The normalized spacial score (nSPS) is 11.4. The highest BCUT2D eigenvalue weighted by molar-refractivity contribution is 5.78. The van der Waals surface area contributed by atoms with Crippen LogP contribution in [0.25, 0.3) is 0 Å². The molecule has 0 aliphatic heterocycles. The van der Waals surface area contributed by atoms with E-state index in [4.69, 9.17) is 4.74 Å². The third-order valence-corrected chi connectivity index (χ3v) is 2.61. The molecular weight excluding hydrogens is 200 g/mol. The van der Waals surface area contributed by atoms with Crippen LogP contribution in [0.3, 0.4) is 0 Å². The van der Waals surface area contributed by atoms with Gasteiger partial charge < -0.3 is 4.74 Å². The number of rotatable bonds is 1. The standard InChI is InChI=1S/C14H20O2/c1-9-7-11(3)12(8-10(9)2)16-13(15)14(4,5)6/h7-8H,1-6H3. The topological polar surface area (TPSA) is 26.3 Å². The first-order valence-electron chi connectivity index (χ1n) is 5.52. The summed E-state index contributed by atoms with van der Waals surface area (Å²) in [6.45, 7) is 11.6. The highest BCUT2D eigenvalue weighted by Crippen LogP contribution is 2.25. The average molecular weight is 220 g/mol. The van der Waals surface area contributed by atoms with Crippen molar-refractivity contribution in [1.29, 1.82) is 0 Å². The van der Waals surface area contributed by atoms with Crippen LogP contribution in [0.2, 0.25) is 0 Å². The van der Waals surface area contributed by atoms with Crippen molar-refractivity contribution >= 4 is 5.97 Å². The minimum atomic E-state index is -0.467. The fourth-order valence-electron chi connectivity index (χ4n) is 1.30. The Morgan fingerprint density at radius 2 is 1.50 bits per heavy atom. The molecule has 0 fully saturated rings. The highest BCUT2D eigenvalue weighted by atomic mass is 16.5. The van der Waals surface area contributed by atoms with Crippen molar-refractivity contribution in [3.05, 3.63) is 28.8 Å². The van der Waals surface area contributed by atoms with E-state index in [0.717, 1.165) is 11.1 Å². The SMILES string of the molecule is Cc1cc(C)c(OC(=O)C(C)(C)C)cc1C. The second kappa shape index (κ2) is 4.28. The van der Waals surface area contributed by atoms with Crippen molar-refractivity contribution in [2.45, 2.75) is 41.5 Å². The Morgan fingerprint density at radius 3 is 2.00 bits per heavy atom. The fraction of sp³-hybridized carbons (Fsp3) is 0.500. The number of aryl methyl sites for hydroxylation is 3. The summed E-state index contributed by atoms with van der Waals surface area (Å²) >= 11 is 0. The number of hydrogen-bond acceptors (Lipinski definition) is 2. The highest BCUT2D eigenvalue weighted by Gasteiger charge is 2.24. The second-order valence-corrected chi connectivity index (χ2v) is 5.34. The minimum Gasteiger partial charge on any atom is -0.426 e. The Balaban J connectivity index is 2.99. The molecule has 2 nitrogen and oxygen atoms in total. The summed E-state index contributed by atoms with van der Waals surface area (Å²) < 4.78 is 5.41. The summed E-state index contributed by atoms with van der Waals surface area (Å²) in [6, 6.07) is 3.97. The average Bonchev–Trinajstić information content (AvgIpc) is 2.12. The molecule has 16 heavy (non-hydrogen) atoms. The van der Waals surface area contributed by atoms with Crippen molar-refractivity contribution in [2.75, 3.05) is 0 Å². The molecule has 0 unspecified atom stereocenters. The van der Waals surface area contributed by atoms with Crippen LogP contribution in [-0.2, 0) is 4.79 Å². The number of benzene rings is 1. The maximum atomic E-state index is 11.8. The molecule has 0 saturated carbocycles. The molecule has 1 aromatic carbocycles. The summed E-state index contributed by atoms with van der Waals surface area (Å²) in [6.07, 6.45) is 0. The number of carbonyl (C=O) groups is 1. The molecule has 0 radical (unpaired) electrons. The Hall–Kier alpha value is -1.31. The molecule has 0 N–H and O–H groups in total. The first-order chi connectivity index (χ1) is 7.21. The van der Waals surface area contributed by atoms with Gasteiger partial charge in [0.2, 0.25) is 0 Å². The van der Waals surface area contributed by atoms with Crippen molar-refractivity contribution < 1.29 is 9.53 Å². The van der Waals surface area contributed by atoms with Crippen LogP contribution in [-0.4, -0.2) is 5.97 Å². The maximum Gasteiger partial charge on any atom is 0.316 e. The van der Waals surface area contributed by atoms with Crippen LogP contribution in [0, 0.1) is 26.2 Å². The van der Waals surface area contributed by atoms with Crippen molar-refractivity contribution in [3.8, 4) is 5.75 Å². The predicted octanol–water partition coefficient (Wildman–Crippen LogP) is 3.56. The Bertz CT molecular complexity index is 411. The van der Waals surface area contributed by atoms with Gasteiger partial charge >= 0.3 is 5.97 Å². The Morgan fingerprint density at radius 1 is 1.00 bits per heavy atom. The molecule has 1 rings (SSSR count). The van der Waals surface area contributed by atoms with E-state index in [1.165, 1.54) is 5.56 Å². The molecule has 1 aromatic rings. The van der Waals surface area contributed by atoms with Gasteiger partial charge in [-0.25, -0.2) is 0 Å². The lowest BCUT2D eigenvalue weighted by molar-refractivity contribution is -0.143. The van der Waals surface area contributed by atoms with Gasteiger partial charge in [0.15, 0.2) is 0 Å². The van der Waals surface area contributed by atoms with Crippen LogP contribution in [0.4, 0.5) is 0 Å². The van der Waals surface area contributed by atoms with Gasteiger partial charge in [-0.2, -0.15) is 0 Å². The summed E-state index contributed by atoms with van der Waals surface area (Å²) in [5, 5.41) is 0. The molecule has 0 spiro atoms. The molecule has 0 bridgehead atoms. The van der Waals surface area contributed by atoms with Gasteiger partial charge in [-0.1, -0.05) is 6.07 Å². The van der Waals surface area contributed by atoms with E-state index in [1.807, 2.05) is 46.8 Å². The number of esters is 1. The molecule has 0 atom stereocenters. The first-order valence-corrected chi connectivity index (χ1v) is 5.52. The number of carbonyl (C=O) groups excluding carboxylic acids is 1. The van der Waals surface area contributed by atoms with Gasteiger partial charge in [-0.15, -0.1) is 0 Å². The molecule has 0 aliphatic rings. The van der Waals surface area contributed by atoms with Crippen molar-refractivity contribution in [3.63, 3.8) is 0 Å². The molecule has 0 heterocycles. The first kappa shape index (κ1) is 12.8. The summed E-state index contributed by atoms with van der Waals surface area (Å²) in [4.78, 5) is 11.8. The Kier molecular flexibility index (Phi) is 3.41. The van der Waals surface area contributed by atoms with Gasteiger partial charge in [0.05, 0.1) is 5.41 Å². The zero-order valence-electron chi connectivity index (χ0n) is 11.0. The zero-order chi connectivity index (χ0) is 12.5. The zero-order valence-corrected chi connectivity index (χ0v) is 11.0. The third-order valence-electron chi connectivity index (χ3n) is 2.61. The van der Waals surface area contributed by atoms with E-state index in [2.05, 4.69) is 6.92 Å². The van der Waals surface area contributed by atoms with Gasteiger partial charge in [-0.05, 0) is 64.3 Å². The summed E-state index contributed by atoms with van der Waals surface area (Å²) in [5.41, 5.74) is 2.89. The van der Waals surface area contributed by atoms with Crippen LogP contribution < -0.4 is 4.74 Å². The van der Waals surface area contributed by atoms with Crippen LogP contribution in [0.1, 0.15) is 37.5 Å². The molecule has 0 saturated heterocycles. The second-order valence-electron chi connectivity index (χ2n) is 5.34. The third kappa shape index (κ3) is 2.84. The van der Waals surface area contributed by atoms with Gasteiger partial charge in [0.1, 0.15) is 5.75 Å². The lowest BCUT2D eigenvalue weighted by Gasteiger charge is -2.18. The van der Waals surface area contributed by atoms with Crippen LogP contribution >= 0.6 is 0 Å². The summed E-state index contributed by atoms with van der Waals surface area (Å²) in [5.74, 6) is 0.474. The van der Waals surface area contributed by atoms with E-state index in [1.54, 1.807) is 0 Å². The molecule has 0 amide bonds. The molecule has 0 aromatic heterocycles. The summed E-state index contributed by atoms with van der Waals surface area (Å²) in [7, 11) is 0. The molecule has 2 heteroatoms. The molecular formula is C14H20O2. The van der Waals surface area contributed by atoms with E-state index >= 15 is 0 Å². The van der Waals surface area contributed by atoms with Gasteiger partial charge in [0, 0.05) is 0 Å². The van der Waals surface area contributed by atoms with Gasteiger partial charge in [0.25, 0.3) is 0 Å². The monoisotopic (exact) mass is 220 g/mol. The smallest absolute Gasteiger partial charge is 0.316 e. The maximum absolute atomic E-state index is 11.8. The Labute approximate surface area is 97.6 Å². The van der Waals surface area contributed by atoms with Gasteiger partial charge in [-0.3, -0.25) is 4.79 Å². The number of ether oxygens (including phenoxy) is 1. The quantitative estimate of drug-likeness (QED) is 0.534. The predicted molar refractivity (Wildman–Crippen MR) is 65.7 cm³/mol. The van der Waals surface area contributed by atoms with E-state index < -0.39 is 5.41 Å². The van der Waals surface area contributed by atoms with Crippen molar-refractivity contribution in [1.82, 2.24) is 0 Å². The van der Waals surface area contributed by atoms with E-state index in [-0.39, 0.29) is 5.97 Å². The fourth-order valence-corrected chi connectivity index (χ4v) is 1.30.